The molecule has 2 aromatic carbocycles. The predicted molar refractivity (Wildman–Crippen MR) is 118 cm³/mol. The number of aromatic nitrogens is 2. The van der Waals surface area contributed by atoms with Crippen LogP contribution in [0.4, 0.5) is 5.13 Å². The van der Waals surface area contributed by atoms with Gasteiger partial charge in [-0.15, -0.1) is 10.2 Å². The zero-order valence-corrected chi connectivity index (χ0v) is 17.9. The summed E-state index contributed by atoms with van der Waals surface area (Å²) in [6.07, 6.45) is 3.31. The van der Waals surface area contributed by atoms with Crippen LogP contribution in [0.15, 0.2) is 54.6 Å². The molecule has 30 heavy (non-hydrogen) atoms. The molecule has 0 aliphatic carbocycles. The summed E-state index contributed by atoms with van der Waals surface area (Å²) < 4.78 is 15.8. The second-order valence-electron chi connectivity index (χ2n) is 6.19. The van der Waals surface area contributed by atoms with Crippen molar-refractivity contribution in [1.82, 2.24) is 10.2 Å². The minimum absolute atomic E-state index is 0.189. The quantitative estimate of drug-likeness (QED) is 0.484. The highest BCUT2D eigenvalue weighted by Crippen LogP contribution is 2.35. The largest absolute Gasteiger partial charge is 0.493 e. The Bertz CT molecular complexity index is 1000. The van der Waals surface area contributed by atoms with Gasteiger partial charge in [-0.25, -0.2) is 0 Å². The third kappa shape index (κ3) is 5.22. The van der Waals surface area contributed by atoms with E-state index in [2.05, 4.69) is 10.2 Å². The van der Waals surface area contributed by atoms with Gasteiger partial charge < -0.3 is 14.2 Å². The molecule has 0 unspecified atom stereocenters. The minimum atomic E-state index is -0.189. The van der Waals surface area contributed by atoms with E-state index in [9.17, 15) is 4.79 Å². The highest BCUT2D eigenvalue weighted by atomic mass is 32.1. The summed E-state index contributed by atoms with van der Waals surface area (Å²) in [5.74, 6) is 1.05. The van der Waals surface area contributed by atoms with Gasteiger partial charge >= 0.3 is 0 Å². The Morgan fingerprint density at radius 3 is 2.50 bits per heavy atom. The smallest absolute Gasteiger partial charge is 0.252 e. The number of benzene rings is 2. The molecule has 3 aromatic rings. The lowest BCUT2D eigenvalue weighted by Gasteiger charge is -2.16. The van der Waals surface area contributed by atoms with Crippen LogP contribution in [0.2, 0.25) is 0 Å². The van der Waals surface area contributed by atoms with Crippen molar-refractivity contribution in [2.45, 2.75) is 0 Å². The summed E-state index contributed by atoms with van der Waals surface area (Å²) in [6, 6.07) is 15.2. The van der Waals surface area contributed by atoms with Crippen LogP contribution in [0.25, 0.3) is 16.6 Å². The van der Waals surface area contributed by atoms with Crippen LogP contribution in [0.5, 0.6) is 11.5 Å². The predicted octanol–water partition coefficient (Wildman–Crippen LogP) is 3.92. The number of carbonyl (C=O) groups is 1. The Morgan fingerprint density at radius 1 is 1.03 bits per heavy atom. The highest BCUT2D eigenvalue weighted by Gasteiger charge is 2.19. The van der Waals surface area contributed by atoms with E-state index in [1.807, 2.05) is 48.5 Å². The number of hydrogen-bond acceptors (Lipinski definition) is 7. The van der Waals surface area contributed by atoms with Crippen LogP contribution in [0.1, 0.15) is 5.56 Å². The molecule has 0 spiro atoms. The monoisotopic (exact) mass is 425 g/mol. The van der Waals surface area contributed by atoms with E-state index < -0.39 is 0 Å². The maximum Gasteiger partial charge on any atom is 0.252 e. The molecule has 0 saturated carbocycles. The second kappa shape index (κ2) is 10.5. The molecule has 7 nitrogen and oxygen atoms in total. The molecule has 1 heterocycles. The molecule has 0 aliphatic heterocycles. The molecule has 156 valence electrons. The van der Waals surface area contributed by atoms with Gasteiger partial charge in [-0.2, -0.15) is 0 Å². The molecular weight excluding hydrogens is 402 g/mol. The molecule has 0 atom stereocenters. The average molecular weight is 426 g/mol. The van der Waals surface area contributed by atoms with Gasteiger partial charge in [0.2, 0.25) is 5.13 Å². The van der Waals surface area contributed by atoms with Gasteiger partial charge in [0, 0.05) is 18.7 Å². The molecule has 0 bridgehead atoms. The van der Waals surface area contributed by atoms with Crippen LogP contribution >= 0.6 is 11.3 Å². The molecule has 0 N–H and O–H groups in total. The fourth-order valence-corrected chi connectivity index (χ4v) is 3.59. The zero-order valence-electron chi connectivity index (χ0n) is 17.1. The zero-order chi connectivity index (χ0) is 21.3. The van der Waals surface area contributed by atoms with Gasteiger partial charge in [0.05, 0.1) is 27.4 Å². The molecule has 3 rings (SSSR count). The second-order valence-corrected chi connectivity index (χ2v) is 7.14. The first-order chi connectivity index (χ1) is 14.7. The van der Waals surface area contributed by atoms with Crippen molar-refractivity contribution in [2.75, 3.05) is 39.4 Å². The van der Waals surface area contributed by atoms with Crippen LogP contribution in [-0.4, -0.2) is 50.6 Å². The van der Waals surface area contributed by atoms with Crippen molar-refractivity contribution in [3.63, 3.8) is 0 Å². The number of carbonyl (C=O) groups excluding carboxylic acids is 1. The van der Waals surface area contributed by atoms with Gasteiger partial charge in [0.25, 0.3) is 5.91 Å². The average Bonchev–Trinajstić information content (AvgIpc) is 3.28. The number of anilines is 1. The number of methoxy groups -OCH3 is 3. The van der Waals surface area contributed by atoms with Gasteiger partial charge in [-0.05, 0) is 29.8 Å². The molecule has 0 aliphatic rings. The van der Waals surface area contributed by atoms with Crippen molar-refractivity contribution in [3.05, 3.63) is 60.2 Å². The number of nitrogens with zero attached hydrogens (tertiary/aromatic N) is 3. The number of hydrogen-bond donors (Lipinski definition) is 0. The van der Waals surface area contributed by atoms with Gasteiger partial charge in [0.1, 0.15) is 5.01 Å². The first-order valence-corrected chi connectivity index (χ1v) is 10.1. The fourth-order valence-electron chi connectivity index (χ4n) is 2.71. The number of ether oxygens (including phenoxy) is 3. The molecular formula is C22H23N3O4S. The first-order valence-electron chi connectivity index (χ1n) is 9.25. The molecule has 0 fully saturated rings. The fraction of sp³-hybridized carbons (Fsp3) is 0.227. The SMILES string of the molecule is COCCN(C(=O)/C=C/c1ccccc1)c1nnc(-c2ccc(OC)c(OC)c2)s1. The summed E-state index contributed by atoms with van der Waals surface area (Å²) in [5.41, 5.74) is 1.77. The number of amides is 1. The van der Waals surface area contributed by atoms with E-state index in [0.29, 0.717) is 34.8 Å². The van der Waals surface area contributed by atoms with E-state index in [0.717, 1.165) is 11.1 Å². The van der Waals surface area contributed by atoms with Crippen LogP contribution < -0.4 is 14.4 Å². The summed E-state index contributed by atoms with van der Waals surface area (Å²) in [5, 5.41) is 9.67. The van der Waals surface area contributed by atoms with E-state index in [-0.39, 0.29) is 5.91 Å². The Hall–Kier alpha value is -3.23. The van der Waals surface area contributed by atoms with Crippen LogP contribution in [0, 0.1) is 0 Å². The normalized spacial score (nSPS) is 10.9. The number of rotatable bonds is 9. The Morgan fingerprint density at radius 2 is 1.80 bits per heavy atom. The van der Waals surface area contributed by atoms with Gasteiger partial charge in [0.15, 0.2) is 11.5 Å². The van der Waals surface area contributed by atoms with E-state index in [1.165, 1.54) is 17.4 Å². The Balaban J connectivity index is 1.84. The van der Waals surface area contributed by atoms with Crippen molar-refractivity contribution in [1.29, 1.82) is 0 Å². The van der Waals surface area contributed by atoms with Crippen LogP contribution in [-0.2, 0) is 9.53 Å². The van der Waals surface area contributed by atoms with Crippen LogP contribution in [0.3, 0.4) is 0 Å². The maximum absolute atomic E-state index is 12.8. The standard InChI is InChI=1S/C22H23N3O4S/c1-27-14-13-25(20(26)12-9-16-7-5-4-6-8-16)22-24-23-21(30-22)17-10-11-18(28-2)19(15-17)29-3/h4-12,15H,13-14H2,1-3H3/b12-9+. The minimum Gasteiger partial charge on any atom is -0.493 e. The van der Waals surface area contributed by atoms with E-state index in [4.69, 9.17) is 14.2 Å². The summed E-state index contributed by atoms with van der Waals surface area (Å²) in [7, 11) is 4.76. The Kier molecular flexibility index (Phi) is 7.53. The van der Waals surface area contributed by atoms with Gasteiger partial charge in [-0.1, -0.05) is 41.7 Å². The third-order valence-electron chi connectivity index (χ3n) is 4.28. The summed E-state index contributed by atoms with van der Waals surface area (Å²) in [6.45, 7) is 0.755. The summed E-state index contributed by atoms with van der Waals surface area (Å²) >= 11 is 1.32. The third-order valence-corrected chi connectivity index (χ3v) is 5.27. The molecule has 1 amide bonds. The van der Waals surface area contributed by atoms with E-state index >= 15 is 0 Å². The van der Waals surface area contributed by atoms with E-state index in [1.54, 1.807) is 32.3 Å². The highest BCUT2D eigenvalue weighted by molar-refractivity contribution is 7.18. The van der Waals surface area contributed by atoms with Crippen molar-refractivity contribution < 1.29 is 19.0 Å². The maximum atomic E-state index is 12.8. The summed E-state index contributed by atoms with van der Waals surface area (Å²) in [4.78, 5) is 14.4. The lowest BCUT2D eigenvalue weighted by molar-refractivity contribution is -0.114. The first kappa shape index (κ1) is 21.5. The lowest BCUT2D eigenvalue weighted by Crippen LogP contribution is -2.32. The molecule has 0 radical (unpaired) electrons. The molecule has 8 heteroatoms. The molecule has 1 aromatic heterocycles. The van der Waals surface area contributed by atoms with Crippen molar-refractivity contribution >= 4 is 28.5 Å². The topological polar surface area (TPSA) is 73.8 Å². The van der Waals surface area contributed by atoms with Crippen molar-refractivity contribution in [3.8, 4) is 22.1 Å². The lowest BCUT2D eigenvalue weighted by atomic mass is 10.2. The van der Waals surface area contributed by atoms with Gasteiger partial charge in [-0.3, -0.25) is 9.69 Å². The Labute approximate surface area is 179 Å². The van der Waals surface area contributed by atoms with Crippen molar-refractivity contribution in [2.24, 2.45) is 0 Å². The molecule has 0 saturated heterocycles.